The van der Waals surface area contributed by atoms with Crippen LogP contribution in [0.1, 0.15) is 12.3 Å². The number of carbonyl (C=O) groups is 1. The summed E-state index contributed by atoms with van der Waals surface area (Å²) in [5.41, 5.74) is 1.06. The Morgan fingerprint density at radius 3 is 2.33 bits per heavy atom. The van der Waals surface area contributed by atoms with E-state index in [1.807, 2.05) is 41.4 Å². The van der Waals surface area contributed by atoms with Gasteiger partial charge in [-0.25, -0.2) is 4.98 Å². The monoisotopic (exact) mass is 455 g/mol. The van der Waals surface area contributed by atoms with Crippen molar-refractivity contribution in [3.8, 4) is 11.3 Å². The van der Waals surface area contributed by atoms with Crippen molar-refractivity contribution in [2.45, 2.75) is 13.0 Å². The van der Waals surface area contributed by atoms with Gasteiger partial charge in [-0.15, -0.1) is 24.8 Å². The number of hydrogen-bond acceptors (Lipinski definition) is 6. The molecule has 0 unspecified atom stereocenters. The number of aromatic nitrogens is 1. The van der Waals surface area contributed by atoms with Gasteiger partial charge in [0.05, 0.1) is 12.7 Å². The molecule has 2 aromatic rings. The lowest BCUT2D eigenvalue weighted by Crippen LogP contribution is -2.49. The largest absolute Gasteiger partial charge is 0.439 e. The highest BCUT2D eigenvalue weighted by Crippen LogP contribution is 2.20. The fraction of sp³-hybridized carbons (Fsp3) is 0.524. The summed E-state index contributed by atoms with van der Waals surface area (Å²) >= 11 is 0. The molecule has 30 heavy (non-hydrogen) atoms. The smallest absolute Gasteiger partial charge is 0.223 e. The zero-order chi connectivity index (χ0) is 19.2. The fourth-order valence-corrected chi connectivity index (χ4v) is 3.81. The van der Waals surface area contributed by atoms with Crippen molar-refractivity contribution in [1.82, 2.24) is 25.0 Å². The number of amides is 1. The summed E-state index contributed by atoms with van der Waals surface area (Å²) < 4.78 is 5.92. The Bertz CT molecular complexity index is 760. The van der Waals surface area contributed by atoms with Gasteiger partial charge in [0.2, 0.25) is 11.8 Å². The minimum absolute atomic E-state index is 0. The highest BCUT2D eigenvalue weighted by Gasteiger charge is 2.21. The summed E-state index contributed by atoms with van der Waals surface area (Å²) in [5, 5.41) is 3.29. The van der Waals surface area contributed by atoms with Gasteiger partial charge in [-0.2, -0.15) is 0 Å². The summed E-state index contributed by atoms with van der Waals surface area (Å²) in [6.07, 6.45) is 2.43. The minimum Gasteiger partial charge on any atom is -0.439 e. The van der Waals surface area contributed by atoms with Gasteiger partial charge in [-0.3, -0.25) is 9.69 Å². The Labute approximate surface area is 190 Å². The average molecular weight is 456 g/mol. The molecule has 0 saturated carbocycles. The molecule has 2 aliphatic rings. The summed E-state index contributed by atoms with van der Waals surface area (Å²) in [4.78, 5) is 23.5. The van der Waals surface area contributed by atoms with E-state index in [0.29, 0.717) is 6.42 Å². The van der Waals surface area contributed by atoms with Crippen LogP contribution in [0.15, 0.2) is 40.9 Å². The average Bonchev–Trinajstić information content (AvgIpc) is 3.23. The molecule has 3 heterocycles. The molecule has 0 bridgehead atoms. The van der Waals surface area contributed by atoms with Crippen LogP contribution in [-0.4, -0.2) is 84.5 Å². The zero-order valence-corrected chi connectivity index (χ0v) is 18.8. The zero-order valence-electron chi connectivity index (χ0n) is 17.2. The second-order valence-electron chi connectivity index (χ2n) is 7.48. The van der Waals surface area contributed by atoms with E-state index in [9.17, 15) is 4.79 Å². The van der Waals surface area contributed by atoms with Gasteiger partial charge in [-0.05, 0) is 0 Å². The van der Waals surface area contributed by atoms with Gasteiger partial charge in [0.1, 0.15) is 0 Å². The van der Waals surface area contributed by atoms with Crippen LogP contribution < -0.4 is 5.32 Å². The Morgan fingerprint density at radius 1 is 0.967 bits per heavy atom. The van der Waals surface area contributed by atoms with Gasteiger partial charge in [0, 0.05) is 70.9 Å². The maximum atomic E-state index is 12.3. The van der Waals surface area contributed by atoms with E-state index in [1.54, 1.807) is 0 Å². The van der Waals surface area contributed by atoms with Crippen LogP contribution in [0.3, 0.4) is 0 Å². The topological polar surface area (TPSA) is 64.9 Å². The van der Waals surface area contributed by atoms with E-state index < -0.39 is 0 Å². The second-order valence-corrected chi connectivity index (χ2v) is 7.48. The first-order valence-electron chi connectivity index (χ1n) is 10.2. The van der Waals surface area contributed by atoms with Crippen molar-refractivity contribution in [1.29, 1.82) is 0 Å². The molecule has 1 N–H and O–H groups in total. The number of benzene rings is 1. The van der Waals surface area contributed by atoms with Gasteiger partial charge in [0.15, 0.2) is 5.76 Å². The van der Waals surface area contributed by atoms with Gasteiger partial charge in [-0.1, -0.05) is 30.3 Å². The number of halogens is 2. The van der Waals surface area contributed by atoms with Crippen molar-refractivity contribution < 1.29 is 9.21 Å². The summed E-state index contributed by atoms with van der Waals surface area (Å²) in [5.74, 6) is 1.87. The summed E-state index contributed by atoms with van der Waals surface area (Å²) in [7, 11) is 0. The van der Waals surface area contributed by atoms with Crippen LogP contribution in [0, 0.1) is 0 Å². The molecule has 4 rings (SSSR count). The van der Waals surface area contributed by atoms with E-state index in [4.69, 9.17) is 4.42 Å². The van der Waals surface area contributed by atoms with E-state index >= 15 is 0 Å². The lowest BCUT2D eigenvalue weighted by molar-refractivity contribution is -0.132. The maximum Gasteiger partial charge on any atom is 0.223 e. The molecule has 2 fully saturated rings. The van der Waals surface area contributed by atoms with E-state index in [1.165, 1.54) is 0 Å². The van der Waals surface area contributed by atoms with Crippen LogP contribution in [-0.2, 0) is 11.3 Å². The van der Waals surface area contributed by atoms with Crippen LogP contribution in [0.4, 0.5) is 0 Å². The number of rotatable bonds is 6. The second kappa shape index (κ2) is 12.3. The number of oxazole rings is 1. The Kier molecular flexibility index (Phi) is 10.1. The third kappa shape index (κ3) is 6.68. The molecule has 0 aliphatic carbocycles. The quantitative estimate of drug-likeness (QED) is 0.719. The number of hydrogen-bond donors (Lipinski definition) is 1. The Balaban J connectivity index is 0.00000160. The molecule has 1 aromatic carbocycles. The van der Waals surface area contributed by atoms with Crippen LogP contribution in [0.5, 0.6) is 0 Å². The predicted octanol–water partition coefficient (Wildman–Crippen LogP) is 2.12. The van der Waals surface area contributed by atoms with Gasteiger partial charge >= 0.3 is 0 Å². The van der Waals surface area contributed by atoms with Crippen molar-refractivity contribution in [2.75, 3.05) is 58.9 Å². The molecular weight excluding hydrogens is 425 g/mol. The van der Waals surface area contributed by atoms with Crippen molar-refractivity contribution in [3.63, 3.8) is 0 Å². The van der Waals surface area contributed by atoms with Crippen LogP contribution in [0.2, 0.25) is 0 Å². The van der Waals surface area contributed by atoms with E-state index in [2.05, 4.69) is 20.1 Å². The molecule has 0 atom stereocenters. The molecule has 166 valence electrons. The Morgan fingerprint density at radius 2 is 1.63 bits per heavy atom. The standard InChI is InChI=1S/C21H29N5O2.2ClH/c27-21(26-10-7-22-8-11-26)6-9-24-12-14-25(15-13-24)17-20-23-16-19(28-20)18-4-2-1-3-5-18;;/h1-5,16,22H,6-15,17H2;2*1H. The molecule has 2 aliphatic heterocycles. The molecular formula is C21H31Cl2N5O2. The van der Waals surface area contributed by atoms with Gasteiger partial charge in [0.25, 0.3) is 0 Å². The third-order valence-corrected chi connectivity index (χ3v) is 5.55. The maximum absolute atomic E-state index is 12.3. The number of piperazine rings is 2. The molecule has 1 aromatic heterocycles. The first-order valence-corrected chi connectivity index (χ1v) is 10.2. The molecule has 0 radical (unpaired) electrons. The molecule has 1 amide bonds. The molecule has 2 saturated heterocycles. The number of nitrogens with zero attached hydrogens (tertiary/aromatic N) is 4. The summed E-state index contributed by atoms with van der Waals surface area (Å²) in [6.45, 7) is 9.03. The first kappa shape index (κ1) is 24.6. The van der Waals surface area contributed by atoms with Crippen molar-refractivity contribution in [2.24, 2.45) is 0 Å². The predicted molar refractivity (Wildman–Crippen MR) is 122 cm³/mol. The highest BCUT2D eigenvalue weighted by molar-refractivity contribution is 5.85. The highest BCUT2D eigenvalue weighted by atomic mass is 35.5. The minimum atomic E-state index is 0. The molecule has 7 nitrogen and oxygen atoms in total. The normalized spacial score (nSPS) is 17.8. The third-order valence-electron chi connectivity index (χ3n) is 5.55. The first-order chi connectivity index (χ1) is 13.8. The lowest BCUT2D eigenvalue weighted by Gasteiger charge is -2.34. The van der Waals surface area contributed by atoms with E-state index in [0.717, 1.165) is 82.7 Å². The van der Waals surface area contributed by atoms with Crippen molar-refractivity contribution in [3.05, 3.63) is 42.4 Å². The van der Waals surface area contributed by atoms with Crippen LogP contribution >= 0.6 is 24.8 Å². The molecule has 9 heteroatoms. The lowest BCUT2D eigenvalue weighted by atomic mass is 10.2. The van der Waals surface area contributed by atoms with E-state index in [-0.39, 0.29) is 30.7 Å². The Hall–Kier alpha value is -1.64. The fourth-order valence-electron chi connectivity index (χ4n) is 3.81. The van der Waals surface area contributed by atoms with Gasteiger partial charge < -0.3 is 19.5 Å². The number of nitrogens with one attached hydrogen (secondary N) is 1. The van der Waals surface area contributed by atoms with Crippen LogP contribution in [0.25, 0.3) is 11.3 Å². The summed E-state index contributed by atoms with van der Waals surface area (Å²) in [6, 6.07) is 10.1. The SMILES string of the molecule is Cl.Cl.O=C(CCN1CCN(Cc2ncc(-c3ccccc3)o2)CC1)N1CCNCC1. The number of carbonyl (C=O) groups excluding carboxylic acids is 1. The molecule has 0 spiro atoms. The van der Waals surface area contributed by atoms with Crippen molar-refractivity contribution >= 4 is 30.7 Å².